The Kier molecular flexibility index (Phi) is 4.98. The topological polar surface area (TPSA) is 47.3 Å². The van der Waals surface area contributed by atoms with Gasteiger partial charge in [0.2, 0.25) is 0 Å². The van der Waals surface area contributed by atoms with Gasteiger partial charge in [-0.1, -0.05) is 0 Å². The number of nitrogens with one attached hydrogen (secondary N) is 1. The lowest BCUT2D eigenvalue weighted by Gasteiger charge is -2.15. The van der Waals surface area contributed by atoms with Gasteiger partial charge in [-0.15, -0.1) is 11.3 Å². The van der Waals surface area contributed by atoms with Gasteiger partial charge in [0, 0.05) is 16.4 Å². The Morgan fingerprint density at radius 3 is 3.06 bits per heavy atom. The molecule has 3 nitrogen and oxygen atoms in total. The number of nitrogens with two attached hydrogens (primary N) is 1. The maximum Gasteiger partial charge on any atom is 0.0576 e. The van der Waals surface area contributed by atoms with E-state index in [-0.39, 0.29) is 0 Å². The van der Waals surface area contributed by atoms with E-state index in [4.69, 9.17) is 10.6 Å². The number of ether oxygens (including phenoxy) is 1. The smallest absolute Gasteiger partial charge is 0.0576 e. The monoisotopic (exact) mass is 254 g/mol. The molecule has 0 aromatic carbocycles. The fourth-order valence-corrected chi connectivity index (χ4v) is 3.34. The van der Waals surface area contributed by atoms with Crippen LogP contribution in [-0.4, -0.2) is 12.7 Å². The highest BCUT2D eigenvalue weighted by atomic mass is 32.1. The van der Waals surface area contributed by atoms with E-state index >= 15 is 0 Å². The molecule has 17 heavy (non-hydrogen) atoms. The lowest BCUT2D eigenvalue weighted by Crippen LogP contribution is -2.27. The SMILES string of the molecule is Cc1ccc(C(CCCC2CCCO2)NN)s1. The molecule has 2 heterocycles. The normalized spacial score (nSPS) is 21.9. The predicted octanol–water partition coefficient (Wildman–Crippen LogP) is 2.91. The van der Waals surface area contributed by atoms with Gasteiger partial charge < -0.3 is 4.74 Å². The Balaban J connectivity index is 1.75. The average Bonchev–Trinajstić information content (AvgIpc) is 2.96. The molecule has 0 bridgehead atoms. The van der Waals surface area contributed by atoms with E-state index in [0.29, 0.717) is 12.1 Å². The number of rotatable bonds is 6. The first-order valence-corrected chi connectivity index (χ1v) is 7.25. The van der Waals surface area contributed by atoms with Gasteiger partial charge in [-0.05, 0) is 51.2 Å². The molecule has 1 saturated heterocycles. The van der Waals surface area contributed by atoms with Crippen molar-refractivity contribution < 1.29 is 4.74 Å². The van der Waals surface area contributed by atoms with Crippen molar-refractivity contribution in [2.45, 2.75) is 51.2 Å². The summed E-state index contributed by atoms with van der Waals surface area (Å²) in [7, 11) is 0. The van der Waals surface area contributed by atoms with Crippen LogP contribution < -0.4 is 11.3 Å². The van der Waals surface area contributed by atoms with Crippen LogP contribution in [0.5, 0.6) is 0 Å². The van der Waals surface area contributed by atoms with E-state index < -0.39 is 0 Å². The zero-order valence-corrected chi connectivity index (χ0v) is 11.3. The molecule has 2 atom stereocenters. The average molecular weight is 254 g/mol. The number of hydrogen-bond acceptors (Lipinski definition) is 4. The molecule has 0 aliphatic carbocycles. The summed E-state index contributed by atoms with van der Waals surface area (Å²) in [4.78, 5) is 2.69. The summed E-state index contributed by atoms with van der Waals surface area (Å²) in [6, 6.07) is 4.64. The maximum absolute atomic E-state index is 5.63. The van der Waals surface area contributed by atoms with Gasteiger partial charge in [-0.2, -0.15) is 0 Å². The summed E-state index contributed by atoms with van der Waals surface area (Å²) < 4.78 is 5.63. The molecule has 1 aliphatic heterocycles. The summed E-state index contributed by atoms with van der Waals surface area (Å²) >= 11 is 1.83. The largest absolute Gasteiger partial charge is 0.378 e. The molecule has 3 N–H and O–H groups in total. The minimum absolute atomic E-state index is 0.301. The minimum atomic E-state index is 0.301. The van der Waals surface area contributed by atoms with Crippen LogP contribution in [0.25, 0.3) is 0 Å². The van der Waals surface area contributed by atoms with E-state index in [0.717, 1.165) is 13.0 Å². The molecule has 1 fully saturated rings. The van der Waals surface area contributed by atoms with Gasteiger partial charge in [0.25, 0.3) is 0 Å². The second-order valence-corrected chi connectivity index (χ2v) is 6.05. The third kappa shape index (κ3) is 3.78. The van der Waals surface area contributed by atoms with Gasteiger partial charge in [0.15, 0.2) is 0 Å². The number of hydrogen-bond donors (Lipinski definition) is 2. The van der Waals surface area contributed by atoms with Crippen molar-refractivity contribution in [3.05, 3.63) is 21.9 Å². The van der Waals surface area contributed by atoms with Gasteiger partial charge in [0.1, 0.15) is 0 Å². The van der Waals surface area contributed by atoms with Crippen molar-refractivity contribution >= 4 is 11.3 Å². The van der Waals surface area contributed by atoms with Crippen molar-refractivity contribution in [3.8, 4) is 0 Å². The molecule has 2 rings (SSSR count). The summed E-state index contributed by atoms with van der Waals surface area (Å²) in [6.45, 7) is 3.08. The van der Waals surface area contributed by atoms with E-state index in [1.807, 2.05) is 11.3 Å². The predicted molar refractivity (Wildman–Crippen MR) is 71.9 cm³/mol. The third-order valence-corrected chi connectivity index (χ3v) is 4.46. The van der Waals surface area contributed by atoms with E-state index in [2.05, 4.69) is 24.5 Å². The molecule has 1 aliphatic rings. The van der Waals surface area contributed by atoms with Gasteiger partial charge in [0.05, 0.1) is 12.1 Å². The molecule has 96 valence electrons. The summed E-state index contributed by atoms with van der Waals surface area (Å²) in [5, 5.41) is 0. The van der Waals surface area contributed by atoms with Crippen molar-refractivity contribution in [1.29, 1.82) is 0 Å². The first-order valence-electron chi connectivity index (χ1n) is 6.43. The minimum Gasteiger partial charge on any atom is -0.378 e. The van der Waals surface area contributed by atoms with Crippen LogP contribution in [0.1, 0.15) is 47.9 Å². The van der Waals surface area contributed by atoms with Crippen molar-refractivity contribution in [3.63, 3.8) is 0 Å². The van der Waals surface area contributed by atoms with Crippen LogP contribution in [0.2, 0.25) is 0 Å². The molecule has 0 radical (unpaired) electrons. The maximum atomic E-state index is 5.63. The Hall–Kier alpha value is -0.420. The van der Waals surface area contributed by atoms with Crippen LogP contribution in [0, 0.1) is 6.92 Å². The molecular formula is C13H22N2OS. The fraction of sp³-hybridized carbons (Fsp3) is 0.692. The number of aryl methyl sites for hydroxylation is 1. The first-order chi connectivity index (χ1) is 8.29. The first kappa shape index (κ1) is 13.0. The van der Waals surface area contributed by atoms with Crippen LogP contribution in [0.3, 0.4) is 0 Å². The molecule has 0 spiro atoms. The van der Waals surface area contributed by atoms with Crippen LogP contribution in [0.4, 0.5) is 0 Å². The van der Waals surface area contributed by atoms with Crippen molar-refractivity contribution in [2.24, 2.45) is 5.84 Å². The lowest BCUT2D eigenvalue weighted by atomic mass is 10.0. The molecule has 0 amide bonds. The van der Waals surface area contributed by atoms with E-state index in [9.17, 15) is 0 Å². The summed E-state index contributed by atoms with van der Waals surface area (Å²) in [5.74, 6) is 5.63. The van der Waals surface area contributed by atoms with Crippen LogP contribution in [0.15, 0.2) is 12.1 Å². The number of hydrazine groups is 1. The summed E-state index contributed by atoms with van der Waals surface area (Å²) in [6.07, 6.45) is 6.40. The third-order valence-electron chi connectivity index (χ3n) is 3.35. The molecular weight excluding hydrogens is 232 g/mol. The van der Waals surface area contributed by atoms with Crippen LogP contribution >= 0.6 is 11.3 Å². The molecule has 2 unspecified atom stereocenters. The lowest BCUT2D eigenvalue weighted by molar-refractivity contribution is 0.101. The van der Waals surface area contributed by atoms with Crippen LogP contribution in [-0.2, 0) is 4.74 Å². The summed E-state index contributed by atoms with van der Waals surface area (Å²) in [5.41, 5.74) is 2.93. The quantitative estimate of drug-likeness (QED) is 0.606. The Labute approximate surface area is 107 Å². The van der Waals surface area contributed by atoms with E-state index in [1.165, 1.54) is 35.4 Å². The number of thiophene rings is 1. The standard InChI is InChI=1S/C13H22N2OS/c1-10-7-8-13(17-10)12(15-14)6-2-4-11-5-3-9-16-11/h7-8,11-12,15H,2-6,9,14H2,1H3. The van der Waals surface area contributed by atoms with Gasteiger partial charge in [-0.3, -0.25) is 11.3 Å². The van der Waals surface area contributed by atoms with Crippen molar-refractivity contribution in [1.82, 2.24) is 5.43 Å². The Morgan fingerprint density at radius 2 is 2.47 bits per heavy atom. The highest BCUT2D eigenvalue weighted by Crippen LogP contribution is 2.27. The van der Waals surface area contributed by atoms with Crippen molar-refractivity contribution in [2.75, 3.05) is 6.61 Å². The second-order valence-electron chi connectivity index (χ2n) is 4.73. The molecule has 4 heteroatoms. The zero-order chi connectivity index (χ0) is 12.1. The van der Waals surface area contributed by atoms with Gasteiger partial charge in [-0.25, -0.2) is 0 Å². The highest BCUT2D eigenvalue weighted by molar-refractivity contribution is 7.12. The molecule has 0 saturated carbocycles. The Bertz CT molecular complexity index is 334. The second kappa shape index (κ2) is 6.50. The zero-order valence-electron chi connectivity index (χ0n) is 10.4. The van der Waals surface area contributed by atoms with Gasteiger partial charge >= 0.3 is 0 Å². The van der Waals surface area contributed by atoms with E-state index in [1.54, 1.807) is 0 Å². The Morgan fingerprint density at radius 1 is 1.59 bits per heavy atom. The molecule has 1 aromatic heterocycles. The molecule has 1 aromatic rings. The fourth-order valence-electron chi connectivity index (χ4n) is 2.37. The highest BCUT2D eigenvalue weighted by Gasteiger charge is 2.17.